The first-order chi connectivity index (χ1) is 12.8. The lowest BCUT2D eigenvalue weighted by molar-refractivity contribution is 0.0611. The van der Waals surface area contributed by atoms with Gasteiger partial charge in [0.2, 0.25) is 0 Å². The molecule has 2 saturated heterocycles. The van der Waals surface area contributed by atoms with E-state index in [2.05, 4.69) is 16.0 Å². The van der Waals surface area contributed by atoms with Crippen LogP contribution < -0.4 is 4.90 Å². The fraction of sp³-hybridized carbons (Fsp3) is 0.429. The van der Waals surface area contributed by atoms with Gasteiger partial charge in [0.1, 0.15) is 5.82 Å². The Morgan fingerprint density at radius 3 is 2.62 bits per heavy atom. The molecule has 1 aromatic carbocycles. The van der Waals surface area contributed by atoms with E-state index in [0.29, 0.717) is 0 Å². The van der Waals surface area contributed by atoms with Gasteiger partial charge in [-0.15, -0.1) is 0 Å². The summed E-state index contributed by atoms with van der Waals surface area (Å²) in [6.07, 6.45) is 5.03. The van der Waals surface area contributed by atoms with E-state index < -0.39 is 0 Å². The Bertz CT molecular complexity index is 744. The maximum Gasteiger partial charge on any atom is 0.254 e. The Morgan fingerprint density at radius 2 is 1.81 bits per heavy atom. The topological polar surface area (TPSA) is 45.7 Å². The standard InChI is InChI=1S/C21H25N3O2/c25-21(17-7-2-1-3-8-17)24-12-5-4-10-19(24)18-9-6-11-22-20(18)23-13-15-26-16-14-23/h1-3,6-9,11,19H,4-5,10,12-16H2/t19-/m1/s1. The van der Waals surface area contributed by atoms with Crippen molar-refractivity contribution in [3.05, 3.63) is 59.8 Å². The highest BCUT2D eigenvalue weighted by Crippen LogP contribution is 2.36. The molecule has 136 valence electrons. The van der Waals surface area contributed by atoms with E-state index in [-0.39, 0.29) is 11.9 Å². The number of benzene rings is 1. The third kappa shape index (κ3) is 3.44. The number of likely N-dealkylation sites (tertiary alicyclic amines) is 1. The summed E-state index contributed by atoms with van der Waals surface area (Å²) in [5.74, 6) is 1.13. The first-order valence-corrected chi connectivity index (χ1v) is 9.48. The summed E-state index contributed by atoms with van der Waals surface area (Å²) in [7, 11) is 0. The normalized spacial score (nSPS) is 20.8. The zero-order valence-electron chi connectivity index (χ0n) is 15.0. The molecule has 0 N–H and O–H groups in total. The number of carbonyl (C=O) groups excluding carboxylic acids is 1. The van der Waals surface area contributed by atoms with Crippen LogP contribution in [0.5, 0.6) is 0 Å². The predicted molar refractivity (Wildman–Crippen MR) is 101 cm³/mol. The molecule has 0 spiro atoms. The first kappa shape index (κ1) is 17.0. The van der Waals surface area contributed by atoms with Crippen LogP contribution in [0.1, 0.15) is 41.2 Å². The van der Waals surface area contributed by atoms with Gasteiger partial charge in [-0.3, -0.25) is 4.79 Å². The van der Waals surface area contributed by atoms with E-state index in [1.165, 1.54) is 5.56 Å². The van der Waals surface area contributed by atoms with Gasteiger partial charge in [-0.2, -0.15) is 0 Å². The highest BCUT2D eigenvalue weighted by molar-refractivity contribution is 5.94. The molecule has 26 heavy (non-hydrogen) atoms. The Hall–Kier alpha value is -2.40. The minimum Gasteiger partial charge on any atom is -0.378 e. The van der Waals surface area contributed by atoms with Gasteiger partial charge in [0.25, 0.3) is 5.91 Å². The number of amides is 1. The molecule has 0 radical (unpaired) electrons. The number of nitrogens with zero attached hydrogens (tertiary/aromatic N) is 3. The highest BCUT2D eigenvalue weighted by Gasteiger charge is 2.31. The van der Waals surface area contributed by atoms with Crippen molar-refractivity contribution in [3.8, 4) is 0 Å². The molecule has 1 amide bonds. The number of rotatable bonds is 3. The van der Waals surface area contributed by atoms with Gasteiger partial charge in [0, 0.05) is 37.0 Å². The van der Waals surface area contributed by atoms with Crippen LogP contribution in [0.2, 0.25) is 0 Å². The molecule has 2 fully saturated rings. The van der Waals surface area contributed by atoms with Crippen molar-refractivity contribution in [1.29, 1.82) is 0 Å². The lowest BCUT2D eigenvalue weighted by atomic mass is 9.94. The van der Waals surface area contributed by atoms with E-state index in [4.69, 9.17) is 4.74 Å². The molecule has 2 aliphatic heterocycles. The van der Waals surface area contributed by atoms with Gasteiger partial charge in [0.05, 0.1) is 19.3 Å². The van der Waals surface area contributed by atoms with E-state index in [1.807, 2.05) is 47.5 Å². The molecule has 1 aromatic heterocycles. The van der Waals surface area contributed by atoms with Crippen LogP contribution in [0.4, 0.5) is 5.82 Å². The van der Waals surface area contributed by atoms with E-state index in [1.54, 1.807) is 0 Å². The number of hydrogen-bond donors (Lipinski definition) is 0. The Kier molecular flexibility index (Phi) is 5.16. The number of morpholine rings is 1. The summed E-state index contributed by atoms with van der Waals surface area (Å²) in [6.45, 7) is 3.96. The number of ether oxygens (including phenoxy) is 1. The maximum absolute atomic E-state index is 13.1. The molecular weight excluding hydrogens is 326 g/mol. The van der Waals surface area contributed by atoms with E-state index in [9.17, 15) is 4.79 Å². The van der Waals surface area contributed by atoms with Gasteiger partial charge >= 0.3 is 0 Å². The summed E-state index contributed by atoms with van der Waals surface area (Å²) < 4.78 is 5.49. The molecule has 2 aromatic rings. The van der Waals surface area contributed by atoms with Crippen molar-refractivity contribution in [2.45, 2.75) is 25.3 Å². The van der Waals surface area contributed by atoms with Crippen LogP contribution in [-0.2, 0) is 4.74 Å². The molecule has 0 unspecified atom stereocenters. The van der Waals surface area contributed by atoms with Crippen LogP contribution in [0.25, 0.3) is 0 Å². The van der Waals surface area contributed by atoms with Crippen LogP contribution in [0, 0.1) is 0 Å². The smallest absolute Gasteiger partial charge is 0.254 e. The minimum atomic E-state index is 0.0861. The van der Waals surface area contributed by atoms with Crippen molar-refractivity contribution in [2.24, 2.45) is 0 Å². The average molecular weight is 351 g/mol. The first-order valence-electron chi connectivity index (χ1n) is 9.48. The third-order valence-corrected chi connectivity index (χ3v) is 5.27. The zero-order chi connectivity index (χ0) is 17.8. The summed E-state index contributed by atoms with van der Waals surface area (Å²) in [6, 6.07) is 13.8. The van der Waals surface area contributed by atoms with Crippen LogP contribution in [0.15, 0.2) is 48.7 Å². The monoisotopic (exact) mass is 351 g/mol. The quantitative estimate of drug-likeness (QED) is 0.851. The summed E-state index contributed by atoms with van der Waals surface area (Å²) >= 11 is 0. The number of pyridine rings is 1. The molecule has 0 bridgehead atoms. The van der Waals surface area contributed by atoms with Crippen LogP contribution in [-0.4, -0.2) is 48.6 Å². The van der Waals surface area contributed by atoms with E-state index in [0.717, 1.165) is 63.5 Å². The molecule has 5 heteroatoms. The molecule has 0 aliphatic carbocycles. The fourth-order valence-corrected chi connectivity index (χ4v) is 3.95. The third-order valence-electron chi connectivity index (χ3n) is 5.27. The van der Waals surface area contributed by atoms with Gasteiger partial charge in [-0.25, -0.2) is 4.98 Å². The molecule has 4 rings (SSSR count). The van der Waals surface area contributed by atoms with Gasteiger partial charge < -0.3 is 14.5 Å². The second-order valence-corrected chi connectivity index (χ2v) is 6.89. The predicted octanol–water partition coefficient (Wildman–Crippen LogP) is 3.29. The van der Waals surface area contributed by atoms with Gasteiger partial charge in [0.15, 0.2) is 0 Å². The van der Waals surface area contributed by atoms with Crippen molar-refractivity contribution in [3.63, 3.8) is 0 Å². The van der Waals surface area contributed by atoms with Crippen LogP contribution >= 0.6 is 0 Å². The Balaban J connectivity index is 1.65. The largest absolute Gasteiger partial charge is 0.378 e. The van der Waals surface area contributed by atoms with Crippen LogP contribution in [0.3, 0.4) is 0 Å². The zero-order valence-corrected chi connectivity index (χ0v) is 15.0. The molecular formula is C21H25N3O2. The minimum absolute atomic E-state index is 0.0861. The molecule has 3 heterocycles. The molecule has 0 saturated carbocycles. The second-order valence-electron chi connectivity index (χ2n) is 6.89. The number of anilines is 1. The van der Waals surface area contributed by atoms with Gasteiger partial charge in [-0.1, -0.05) is 24.3 Å². The van der Waals surface area contributed by atoms with Crippen molar-refractivity contribution < 1.29 is 9.53 Å². The summed E-state index contributed by atoms with van der Waals surface area (Å²) in [5, 5.41) is 0. The molecule has 1 atom stereocenters. The van der Waals surface area contributed by atoms with E-state index >= 15 is 0 Å². The van der Waals surface area contributed by atoms with Crippen molar-refractivity contribution in [1.82, 2.24) is 9.88 Å². The molecule has 5 nitrogen and oxygen atoms in total. The Labute approximate surface area is 154 Å². The van der Waals surface area contributed by atoms with Crippen molar-refractivity contribution in [2.75, 3.05) is 37.7 Å². The lowest BCUT2D eigenvalue weighted by Crippen LogP contribution is -2.41. The second kappa shape index (κ2) is 7.87. The number of hydrogen-bond acceptors (Lipinski definition) is 4. The fourth-order valence-electron chi connectivity index (χ4n) is 3.95. The maximum atomic E-state index is 13.1. The molecule has 2 aliphatic rings. The highest BCUT2D eigenvalue weighted by atomic mass is 16.5. The Morgan fingerprint density at radius 1 is 1.00 bits per heavy atom. The number of carbonyl (C=O) groups is 1. The SMILES string of the molecule is O=C(c1ccccc1)N1CCCC[C@@H]1c1cccnc1N1CCOCC1. The number of piperidine rings is 1. The van der Waals surface area contributed by atoms with Crippen molar-refractivity contribution >= 4 is 11.7 Å². The van der Waals surface area contributed by atoms with Gasteiger partial charge in [-0.05, 0) is 37.5 Å². The summed E-state index contributed by atoms with van der Waals surface area (Å²) in [4.78, 5) is 22.2. The lowest BCUT2D eigenvalue weighted by Gasteiger charge is -2.38. The summed E-state index contributed by atoms with van der Waals surface area (Å²) in [5.41, 5.74) is 1.93. The number of aromatic nitrogens is 1. The average Bonchev–Trinajstić information content (AvgIpc) is 2.74.